The highest BCUT2D eigenvalue weighted by Crippen LogP contribution is 2.42. The van der Waals surface area contributed by atoms with Crippen LogP contribution in [0.3, 0.4) is 0 Å². The molecule has 1 heterocycles. The second-order valence-electron chi connectivity index (χ2n) is 5.33. The van der Waals surface area contributed by atoms with Crippen molar-refractivity contribution in [3.8, 4) is 5.75 Å². The number of benzene rings is 1. The largest absolute Gasteiger partial charge is 0.487 e. The van der Waals surface area contributed by atoms with Gasteiger partial charge in [-0.25, -0.2) is 0 Å². The number of hydrogen-bond acceptors (Lipinski definition) is 2. The molecule has 1 aliphatic rings. The molecule has 0 radical (unpaired) electrons. The molecule has 0 spiro atoms. The first-order chi connectivity index (χ1) is 7.93. The Morgan fingerprint density at radius 1 is 1.53 bits per heavy atom. The molecule has 0 bridgehead atoms. The fraction of sp³-hybridized carbons (Fsp3) is 0.500. The van der Waals surface area contributed by atoms with Crippen molar-refractivity contribution in [2.75, 3.05) is 0 Å². The lowest BCUT2D eigenvalue weighted by Gasteiger charge is -2.19. The third-order valence-corrected chi connectivity index (χ3v) is 3.59. The van der Waals surface area contributed by atoms with Crippen molar-refractivity contribution in [2.45, 2.75) is 45.1 Å². The van der Waals surface area contributed by atoms with Gasteiger partial charge in [0.15, 0.2) is 0 Å². The molecule has 1 aliphatic heterocycles. The minimum atomic E-state index is -0.140. The Balaban J connectivity index is 2.45. The average Bonchev–Trinajstić information content (AvgIpc) is 2.51. The number of hydrogen-bond donors (Lipinski definition) is 0. The average molecular weight is 297 g/mol. The van der Waals surface area contributed by atoms with E-state index in [1.807, 2.05) is 0 Å². The van der Waals surface area contributed by atoms with Crippen molar-refractivity contribution >= 4 is 22.2 Å². The molecule has 1 aromatic carbocycles. The highest BCUT2D eigenvalue weighted by Gasteiger charge is 2.33. The normalized spacial score (nSPS) is 18.4. The first kappa shape index (κ1) is 12.6. The standard InChI is InChI=1S/C14H17BrO2/c1-9(4-5-16)12-7-11(15)6-10-8-14(2,3)17-13(10)12/h5-7,9H,4,8H2,1-3H3. The molecule has 17 heavy (non-hydrogen) atoms. The first-order valence-corrected chi connectivity index (χ1v) is 6.67. The Kier molecular flexibility index (Phi) is 3.30. The van der Waals surface area contributed by atoms with Gasteiger partial charge in [0.25, 0.3) is 0 Å². The van der Waals surface area contributed by atoms with E-state index in [0.717, 1.165) is 28.5 Å². The van der Waals surface area contributed by atoms with Gasteiger partial charge in [-0.3, -0.25) is 0 Å². The van der Waals surface area contributed by atoms with E-state index in [4.69, 9.17) is 4.74 Å². The summed E-state index contributed by atoms with van der Waals surface area (Å²) < 4.78 is 7.07. The number of rotatable bonds is 3. The van der Waals surface area contributed by atoms with Crippen LogP contribution in [0.5, 0.6) is 5.75 Å². The van der Waals surface area contributed by atoms with E-state index < -0.39 is 0 Å². The second-order valence-corrected chi connectivity index (χ2v) is 6.24. The lowest BCUT2D eigenvalue weighted by atomic mass is 9.94. The van der Waals surface area contributed by atoms with Gasteiger partial charge in [0.1, 0.15) is 17.6 Å². The fourth-order valence-electron chi connectivity index (χ4n) is 2.34. The first-order valence-electron chi connectivity index (χ1n) is 5.88. The summed E-state index contributed by atoms with van der Waals surface area (Å²) in [4.78, 5) is 10.6. The molecule has 0 saturated heterocycles. The van der Waals surface area contributed by atoms with Gasteiger partial charge in [-0.15, -0.1) is 0 Å². The van der Waals surface area contributed by atoms with E-state index in [0.29, 0.717) is 6.42 Å². The SMILES string of the molecule is CC(CC=O)c1cc(Br)cc2c1OC(C)(C)C2. The van der Waals surface area contributed by atoms with E-state index in [9.17, 15) is 4.79 Å². The van der Waals surface area contributed by atoms with E-state index in [2.05, 4.69) is 48.8 Å². The Bertz CT molecular complexity index is 452. The maximum atomic E-state index is 10.6. The van der Waals surface area contributed by atoms with Crippen LogP contribution in [-0.2, 0) is 11.2 Å². The van der Waals surface area contributed by atoms with Gasteiger partial charge in [-0.1, -0.05) is 22.9 Å². The number of aldehydes is 1. The van der Waals surface area contributed by atoms with E-state index in [-0.39, 0.29) is 11.5 Å². The second kappa shape index (κ2) is 4.45. The zero-order chi connectivity index (χ0) is 12.6. The molecule has 0 aromatic heterocycles. The Hall–Kier alpha value is -0.830. The molecule has 2 nitrogen and oxygen atoms in total. The predicted molar refractivity (Wildman–Crippen MR) is 71.6 cm³/mol. The van der Waals surface area contributed by atoms with E-state index >= 15 is 0 Å². The lowest BCUT2D eigenvalue weighted by Crippen LogP contribution is -2.25. The molecule has 0 N–H and O–H groups in total. The fourth-order valence-corrected chi connectivity index (χ4v) is 2.86. The summed E-state index contributed by atoms with van der Waals surface area (Å²) in [5, 5.41) is 0. The van der Waals surface area contributed by atoms with Crippen molar-refractivity contribution in [1.29, 1.82) is 0 Å². The summed E-state index contributed by atoms with van der Waals surface area (Å²) in [5.41, 5.74) is 2.22. The van der Waals surface area contributed by atoms with Crippen LogP contribution >= 0.6 is 15.9 Å². The van der Waals surface area contributed by atoms with Gasteiger partial charge < -0.3 is 9.53 Å². The molecule has 1 atom stereocenters. The van der Waals surface area contributed by atoms with Gasteiger partial charge >= 0.3 is 0 Å². The smallest absolute Gasteiger partial charge is 0.127 e. The highest BCUT2D eigenvalue weighted by atomic mass is 79.9. The summed E-state index contributed by atoms with van der Waals surface area (Å²) in [6, 6.07) is 4.18. The minimum absolute atomic E-state index is 0.140. The maximum absolute atomic E-state index is 10.6. The van der Waals surface area contributed by atoms with E-state index in [1.165, 1.54) is 5.56 Å². The van der Waals surface area contributed by atoms with E-state index in [1.54, 1.807) is 0 Å². The summed E-state index contributed by atoms with van der Waals surface area (Å²) in [6.45, 7) is 6.25. The van der Waals surface area contributed by atoms with Crippen LogP contribution in [-0.4, -0.2) is 11.9 Å². The zero-order valence-electron chi connectivity index (χ0n) is 10.4. The molecule has 3 heteroatoms. The monoisotopic (exact) mass is 296 g/mol. The van der Waals surface area contributed by atoms with Crippen molar-refractivity contribution in [1.82, 2.24) is 0 Å². The quantitative estimate of drug-likeness (QED) is 0.792. The van der Waals surface area contributed by atoms with Crippen LogP contribution in [0.2, 0.25) is 0 Å². The summed E-state index contributed by atoms with van der Waals surface area (Å²) in [5.74, 6) is 1.18. The summed E-state index contributed by atoms with van der Waals surface area (Å²) in [6.07, 6.45) is 2.42. The summed E-state index contributed by atoms with van der Waals surface area (Å²) >= 11 is 3.53. The number of carbonyl (C=O) groups is 1. The number of fused-ring (bicyclic) bond motifs is 1. The van der Waals surface area contributed by atoms with Gasteiger partial charge in [-0.2, -0.15) is 0 Å². The van der Waals surface area contributed by atoms with Crippen LogP contribution in [0.4, 0.5) is 0 Å². The van der Waals surface area contributed by atoms with Crippen LogP contribution in [0.25, 0.3) is 0 Å². The molecule has 0 aliphatic carbocycles. The molecule has 0 fully saturated rings. The summed E-state index contributed by atoms with van der Waals surface area (Å²) in [7, 11) is 0. The number of carbonyl (C=O) groups excluding carboxylic acids is 1. The molecule has 1 aromatic rings. The molecular weight excluding hydrogens is 280 g/mol. The van der Waals surface area contributed by atoms with Gasteiger partial charge in [0, 0.05) is 17.3 Å². The Morgan fingerprint density at radius 2 is 2.24 bits per heavy atom. The predicted octanol–water partition coefficient (Wildman–Crippen LogP) is 3.86. The van der Waals surface area contributed by atoms with Crippen LogP contribution in [0, 0.1) is 0 Å². The molecule has 2 rings (SSSR count). The van der Waals surface area contributed by atoms with Crippen molar-refractivity contribution in [2.24, 2.45) is 0 Å². The zero-order valence-corrected chi connectivity index (χ0v) is 12.0. The van der Waals surface area contributed by atoms with Crippen molar-refractivity contribution in [3.05, 3.63) is 27.7 Å². The van der Waals surface area contributed by atoms with Gasteiger partial charge in [-0.05, 0) is 43.0 Å². The minimum Gasteiger partial charge on any atom is -0.487 e. The Morgan fingerprint density at radius 3 is 2.88 bits per heavy atom. The van der Waals surface area contributed by atoms with Gasteiger partial charge in [0.2, 0.25) is 0 Å². The van der Waals surface area contributed by atoms with Gasteiger partial charge in [0.05, 0.1) is 0 Å². The number of halogens is 1. The topological polar surface area (TPSA) is 26.3 Å². The molecule has 0 saturated carbocycles. The lowest BCUT2D eigenvalue weighted by molar-refractivity contribution is -0.108. The third kappa shape index (κ3) is 2.54. The highest BCUT2D eigenvalue weighted by molar-refractivity contribution is 9.10. The molecular formula is C14H17BrO2. The van der Waals surface area contributed by atoms with Crippen molar-refractivity contribution in [3.63, 3.8) is 0 Å². The molecule has 0 amide bonds. The molecule has 92 valence electrons. The van der Waals surface area contributed by atoms with Crippen molar-refractivity contribution < 1.29 is 9.53 Å². The van der Waals surface area contributed by atoms with Crippen LogP contribution in [0.15, 0.2) is 16.6 Å². The number of ether oxygens (including phenoxy) is 1. The maximum Gasteiger partial charge on any atom is 0.127 e. The third-order valence-electron chi connectivity index (χ3n) is 3.13. The molecule has 1 unspecified atom stereocenters. The Labute approximate surface area is 110 Å². The van der Waals surface area contributed by atoms with Crippen LogP contribution < -0.4 is 4.74 Å². The van der Waals surface area contributed by atoms with Crippen LogP contribution in [0.1, 0.15) is 44.2 Å².